The Hall–Kier alpha value is -1.76. The highest BCUT2D eigenvalue weighted by atomic mass is 15.1. The summed E-state index contributed by atoms with van der Waals surface area (Å²) in [5.74, 6) is 0. The molecule has 1 heterocycles. The van der Waals surface area contributed by atoms with Crippen molar-refractivity contribution in [2.24, 2.45) is 0 Å². The van der Waals surface area contributed by atoms with E-state index in [4.69, 9.17) is 0 Å². The predicted molar refractivity (Wildman–Crippen MR) is 77.6 cm³/mol. The highest BCUT2D eigenvalue weighted by molar-refractivity contribution is 5.85. The van der Waals surface area contributed by atoms with Crippen molar-refractivity contribution < 1.29 is 0 Å². The first-order valence-electron chi connectivity index (χ1n) is 6.81. The highest BCUT2D eigenvalue weighted by Gasteiger charge is 2.05. The summed E-state index contributed by atoms with van der Waals surface area (Å²) in [6.07, 6.45) is 8.21. The number of rotatable bonds is 3. The molecule has 0 saturated carbocycles. The van der Waals surface area contributed by atoms with E-state index in [9.17, 15) is 0 Å². The zero-order valence-corrected chi connectivity index (χ0v) is 10.7. The van der Waals surface area contributed by atoms with Crippen LogP contribution in [0.15, 0.2) is 54.7 Å². The molecule has 0 spiro atoms. The SMILES string of the molecule is C1=CN(CCc2cccc3ccccc23)CCC1. The van der Waals surface area contributed by atoms with Crippen molar-refractivity contribution in [1.82, 2.24) is 4.90 Å². The van der Waals surface area contributed by atoms with Gasteiger partial charge in [-0.15, -0.1) is 0 Å². The summed E-state index contributed by atoms with van der Waals surface area (Å²) in [4.78, 5) is 2.44. The first-order chi connectivity index (χ1) is 8.93. The van der Waals surface area contributed by atoms with E-state index in [2.05, 4.69) is 59.6 Å². The van der Waals surface area contributed by atoms with Crippen molar-refractivity contribution in [3.05, 3.63) is 60.3 Å². The van der Waals surface area contributed by atoms with Crippen LogP contribution in [0.3, 0.4) is 0 Å². The van der Waals surface area contributed by atoms with Gasteiger partial charge in [-0.25, -0.2) is 0 Å². The number of hydrogen-bond acceptors (Lipinski definition) is 1. The lowest BCUT2D eigenvalue weighted by molar-refractivity contribution is 0.359. The van der Waals surface area contributed by atoms with Crippen molar-refractivity contribution in [1.29, 1.82) is 0 Å². The van der Waals surface area contributed by atoms with Gasteiger partial charge in [-0.05, 0) is 41.8 Å². The van der Waals surface area contributed by atoms with Crippen molar-refractivity contribution in [2.75, 3.05) is 13.1 Å². The smallest absolute Gasteiger partial charge is 0.0213 e. The molecule has 92 valence electrons. The van der Waals surface area contributed by atoms with Crippen LogP contribution in [0.4, 0.5) is 0 Å². The maximum Gasteiger partial charge on any atom is 0.0213 e. The summed E-state index contributed by atoms with van der Waals surface area (Å²) >= 11 is 0. The molecule has 0 amide bonds. The molecule has 2 aromatic rings. The van der Waals surface area contributed by atoms with Crippen LogP contribution in [0.2, 0.25) is 0 Å². The van der Waals surface area contributed by atoms with Crippen LogP contribution in [0, 0.1) is 0 Å². The summed E-state index contributed by atoms with van der Waals surface area (Å²) < 4.78 is 0. The van der Waals surface area contributed by atoms with Gasteiger partial charge in [-0.2, -0.15) is 0 Å². The molecular formula is C17H19N. The van der Waals surface area contributed by atoms with Crippen molar-refractivity contribution >= 4 is 10.8 Å². The molecule has 3 rings (SSSR count). The summed E-state index contributed by atoms with van der Waals surface area (Å²) in [6.45, 7) is 2.34. The molecule has 18 heavy (non-hydrogen) atoms. The number of benzene rings is 2. The number of nitrogens with zero attached hydrogens (tertiary/aromatic N) is 1. The molecule has 0 aliphatic carbocycles. The lowest BCUT2D eigenvalue weighted by Gasteiger charge is -2.23. The van der Waals surface area contributed by atoms with Crippen LogP contribution >= 0.6 is 0 Å². The fourth-order valence-corrected chi connectivity index (χ4v) is 2.67. The van der Waals surface area contributed by atoms with Crippen molar-refractivity contribution in [2.45, 2.75) is 19.3 Å². The molecule has 0 fully saturated rings. The van der Waals surface area contributed by atoms with Gasteiger partial charge in [-0.1, -0.05) is 48.5 Å². The third kappa shape index (κ3) is 2.40. The Labute approximate surface area is 109 Å². The fourth-order valence-electron chi connectivity index (χ4n) is 2.67. The van der Waals surface area contributed by atoms with Gasteiger partial charge < -0.3 is 4.90 Å². The number of allylic oxidation sites excluding steroid dienone is 1. The predicted octanol–water partition coefficient (Wildman–Crippen LogP) is 3.99. The Morgan fingerprint density at radius 3 is 2.78 bits per heavy atom. The van der Waals surface area contributed by atoms with Crippen molar-refractivity contribution in [3.8, 4) is 0 Å². The van der Waals surface area contributed by atoms with E-state index in [1.54, 1.807) is 0 Å². The van der Waals surface area contributed by atoms with Gasteiger partial charge in [0.05, 0.1) is 0 Å². The highest BCUT2D eigenvalue weighted by Crippen LogP contribution is 2.19. The normalized spacial score (nSPS) is 15.2. The van der Waals surface area contributed by atoms with Crippen LogP contribution in [-0.2, 0) is 6.42 Å². The quantitative estimate of drug-likeness (QED) is 0.780. The van der Waals surface area contributed by atoms with Gasteiger partial charge in [-0.3, -0.25) is 0 Å². The molecular weight excluding hydrogens is 218 g/mol. The molecule has 1 aliphatic heterocycles. The van der Waals surface area contributed by atoms with Gasteiger partial charge >= 0.3 is 0 Å². The molecule has 1 aliphatic rings. The molecule has 0 radical (unpaired) electrons. The molecule has 1 nitrogen and oxygen atoms in total. The zero-order valence-electron chi connectivity index (χ0n) is 10.7. The fraction of sp³-hybridized carbons (Fsp3) is 0.294. The molecule has 0 aromatic heterocycles. The largest absolute Gasteiger partial charge is 0.377 e. The maximum atomic E-state index is 2.44. The zero-order chi connectivity index (χ0) is 12.2. The lowest BCUT2D eigenvalue weighted by Crippen LogP contribution is -2.23. The molecule has 0 N–H and O–H groups in total. The first kappa shape index (κ1) is 11.3. The first-order valence-corrected chi connectivity index (χ1v) is 6.81. The summed E-state index contributed by atoms with van der Waals surface area (Å²) in [7, 11) is 0. The minimum Gasteiger partial charge on any atom is -0.377 e. The van der Waals surface area contributed by atoms with E-state index in [0.29, 0.717) is 0 Å². The van der Waals surface area contributed by atoms with Crippen LogP contribution in [0.5, 0.6) is 0 Å². The standard InChI is InChI=1S/C17H19N/c1-4-12-18(13-5-1)14-11-16-9-6-8-15-7-2-3-10-17(15)16/h2-4,6-10,12H,1,5,11,13-14H2. The Bertz CT molecular complexity index is 551. The van der Waals surface area contributed by atoms with Gasteiger partial charge in [0.15, 0.2) is 0 Å². The van der Waals surface area contributed by atoms with Gasteiger partial charge in [0, 0.05) is 13.1 Å². The Balaban J connectivity index is 1.78. The van der Waals surface area contributed by atoms with E-state index in [0.717, 1.165) is 13.0 Å². The van der Waals surface area contributed by atoms with E-state index >= 15 is 0 Å². The van der Waals surface area contributed by atoms with Crippen LogP contribution < -0.4 is 0 Å². The van der Waals surface area contributed by atoms with E-state index < -0.39 is 0 Å². The molecule has 0 bridgehead atoms. The minimum atomic E-state index is 1.13. The van der Waals surface area contributed by atoms with Crippen LogP contribution in [0.25, 0.3) is 10.8 Å². The topological polar surface area (TPSA) is 3.24 Å². The minimum absolute atomic E-state index is 1.13. The van der Waals surface area contributed by atoms with E-state index in [-0.39, 0.29) is 0 Å². The third-order valence-electron chi connectivity index (χ3n) is 3.68. The Morgan fingerprint density at radius 2 is 1.89 bits per heavy atom. The van der Waals surface area contributed by atoms with Gasteiger partial charge in [0.1, 0.15) is 0 Å². The second-order valence-corrected chi connectivity index (χ2v) is 4.95. The molecule has 0 saturated heterocycles. The number of fused-ring (bicyclic) bond motifs is 1. The summed E-state index contributed by atoms with van der Waals surface area (Å²) in [5, 5.41) is 2.75. The molecule has 1 heteroatoms. The van der Waals surface area contributed by atoms with Gasteiger partial charge in [0.2, 0.25) is 0 Å². The average Bonchev–Trinajstić information content (AvgIpc) is 2.46. The lowest BCUT2D eigenvalue weighted by atomic mass is 10.0. The van der Waals surface area contributed by atoms with E-state index in [1.807, 2.05) is 0 Å². The third-order valence-corrected chi connectivity index (χ3v) is 3.68. The average molecular weight is 237 g/mol. The Morgan fingerprint density at radius 1 is 1.00 bits per heavy atom. The second kappa shape index (κ2) is 5.26. The second-order valence-electron chi connectivity index (χ2n) is 4.95. The monoisotopic (exact) mass is 237 g/mol. The number of hydrogen-bond donors (Lipinski definition) is 0. The van der Waals surface area contributed by atoms with Crippen LogP contribution in [0.1, 0.15) is 18.4 Å². The van der Waals surface area contributed by atoms with E-state index in [1.165, 1.54) is 35.7 Å². The molecule has 0 unspecified atom stereocenters. The van der Waals surface area contributed by atoms with Gasteiger partial charge in [0.25, 0.3) is 0 Å². The Kier molecular flexibility index (Phi) is 3.31. The maximum absolute atomic E-state index is 2.44. The summed E-state index contributed by atoms with van der Waals surface area (Å²) in [6, 6.07) is 15.3. The van der Waals surface area contributed by atoms with Crippen molar-refractivity contribution in [3.63, 3.8) is 0 Å². The molecule has 0 atom stereocenters. The molecule has 2 aromatic carbocycles. The van der Waals surface area contributed by atoms with Crippen LogP contribution in [-0.4, -0.2) is 18.0 Å². The summed E-state index contributed by atoms with van der Waals surface area (Å²) in [5.41, 5.74) is 1.46.